The fourth-order valence-electron chi connectivity index (χ4n) is 2.58. The Morgan fingerprint density at radius 3 is 2.76 bits per heavy atom. The topological polar surface area (TPSA) is 58.1 Å². The van der Waals surface area contributed by atoms with Crippen LogP contribution in [-0.2, 0) is 11.3 Å². The van der Waals surface area contributed by atoms with Crippen molar-refractivity contribution in [3.05, 3.63) is 29.6 Å². The lowest BCUT2D eigenvalue weighted by Crippen LogP contribution is -2.44. The van der Waals surface area contributed by atoms with E-state index in [0.29, 0.717) is 13.2 Å². The molecule has 0 aliphatic carbocycles. The molecule has 0 aromatic heterocycles. The van der Waals surface area contributed by atoms with Gasteiger partial charge in [0.25, 0.3) is 0 Å². The number of aliphatic imine (C=N–C) groups is 1. The largest absolute Gasteiger partial charge is 0.491 e. The van der Waals surface area contributed by atoms with E-state index in [4.69, 9.17) is 9.47 Å². The van der Waals surface area contributed by atoms with Gasteiger partial charge in [-0.3, -0.25) is 4.90 Å². The summed E-state index contributed by atoms with van der Waals surface area (Å²) in [5.74, 6) is 0.677. The molecule has 0 bridgehead atoms. The van der Waals surface area contributed by atoms with Gasteiger partial charge in [0.15, 0.2) is 17.5 Å². The van der Waals surface area contributed by atoms with E-state index in [2.05, 4.69) is 20.5 Å². The third-order valence-corrected chi connectivity index (χ3v) is 3.88. The molecule has 25 heavy (non-hydrogen) atoms. The summed E-state index contributed by atoms with van der Waals surface area (Å²) >= 11 is 0. The van der Waals surface area contributed by atoms with Crippen molar-refractivity contribution in [2.24, 2.45) is 4.99 Å². The van der Waals surface area contributed by atoms with Crippen molar-refractivity contribution in [1.82, 2.24) is 15.5 Å². The molecule has 1 aliphatic rings. The van der Waals surface area contributed by atoms with Gasteiger partial charge in [0.05, 0.1) is 26.4 Å². The average Bonchev–Trinajstić information content (AvgIpc) is 2.63. The molecule has 2 N–H and O–H groups in total. The molecule has 0 atom stereocenters. The Hall–Kier alpha value is -1.86. The summed E-state index contributed by atoms with van der Waals surface area (Å²) < 4.78 is 24.5. The smallest absolute Gasteiger partial charge is 0.191 e. The van der Waals surface area contributed by atoms with Crippen LogP contribution in [0.4, 0.5) is 4.39 Å². The maximum Gasteiger partial charge on any atom is 0.191 e. The Morgan fingerprint density at radius 1 is 1.28 bits per heavy atom. The highest BCUT2D eigenvalue weighted by atomic mass is 19.1. The lowest BCUT2D eigenvalue weighted by Gasteiger charge is -2.26. The van der Waals surface area contributed by atoms with Crippen LogP contribution in [0.2, 0.25) is 0 Å². The zero-order valence-corrected chi connectivity index (χ0v) is 15.2. The van der Waals surface area contributed by atoms with Gasteiger partial charge >= 0.3 is 0 Å². The summed E-state index contributed by atoms with van der Waals surface area (Å²) in [5.41, 5.74) is 0.811. The number of nitrogens with one attached hydrogen (secondary N) is 2. The number of ether oxygens (including phenoxy) is 2. The predicted molar refractivity (Wildman–Crippen MR) is 97.6 cm³/mol. The van der Waals surface area contributed by atoms with Crippen LogP contribution in [0.25, 0.3) is 0 Å². The van der Waals surface area contributed by atoms with E-state index < -0.39 is 0 Å². The molecule has 2 rings (SSSR count). The Morgan fingerprint density at radius 2 is 2.08 bits per heavy atom. The highest BCUT2D eigenvalue weighted by Crippen LogP contribution is 2.18. The molecule has 1 heterocycles. The van der Waals surface area contributed by atoms with Gasteiger partial charge in [-0.2, -0.15) is 0 Å². The number of hydrogen-bond donors (Lipinski definition) is 2. The van der Waals surface area contributed by atoms with Crippen LogP contribution >= 0.6 is 0 Å². The van der Waals surface area contributed by atoms with Crippen molar-refractivity contribution in [3.8, 4) is 5.75 Å². The van der Waals surface area contributed by atoms with E-state index in [-0.39, 0.29) is 11.6 Å². The number of benzene rings is 1. The van der Waals surface area contributed by atoms with Gasteiger partial charge in [-0.05, 0) is 31.5 Å². The molecular weight excluding hydrogens is 323 g/mol. The second kappa shape index (κ2) is 10.9. The minimum atomic E-state index is -0.347. The second-order valence-electron chi connectivity index (χ2n) is 5.77. The minimum absolute atomic E-state index is 0.283. The van der Waals surface area contributed by atoms with Gasteiger partial charge in [-0.15, -0.1) is 0 Å². The van der Waals surface area contributed by atoms with Crippen LogP contribution in [0, 0.1) is 5.82 Å². The molecule has 0 spiro atoms. The van der Waals surface area contributed by atoms with Gasteiger partial charge in [0, 0.05) is 32.7 Å². The van der Waals surface area contributed by atoms with Crippen molar-refractivity contribution >= 4 is 5.96 Å². The zero-order valence-electron chi connectivity index (χ0n) is 15.2. The van der Waals surface area contributed by atoms with Gasteiger partial charge in [-0.25, -0.2) is 9.38 Å². The maximum absolute atomic E-state index is 13.9. The third kappa shape index (κ3) is 6.88. The molecular formula is C18H29FN4O2. The molecule has 1 fully saturated rings. The van der Waals surface area contributed by atoms with Crippen LogP contribution in [0.15, 0.2) is 23.2 Å². The van der Waals surface area contributed by atoms with E-state index in [1.54, 1.807) is 6.07 Å². The summed E-state index contributed by atoms with van der Waals surface area (Å²) in [7, 11) is 0. The fourth-order valence-corrected chi connectivity index (χ4v) is 2.58. The van der Waals surface area contributed by atoms with Crippen LogP contribution in [-0.4, -0.2) is 63.4 Å². The van der Waals surface area contributed by atoms with Crippen LogP contribution in [0.3, 0.4) is 0 Å². The molecule has 7 heteroatoms. The highest BCUT2D eigenvalue weighted by molar-refractivity contribution is 5.79. The Kier molecular flexibility index (Phi) is 8.48. The first-order chi connectivity index (χ1) is 12.2. The molecule has 1 aromatic rings. The molecule has 1 aromatic carbocycles. The van der Waals surface area contributed by atoms with Gasteiger partial charge in [0.2, 0.25) is 0 Å². The first-order valence-corrected chi connectivity index (χ1v) is 8.96. The summed E-state index contributed by atoms with van der Waals surface area (Å²) in [6, 6.07) is 4.98. The van der Waals surface area contributed by atoms with E-state index >= 15 is 0 Å². The lowest BCUT2D eigenvalue weighted by molar-refractivity contribution is 0.0389. The molecule has 6 nitrogen and oxygen atoms in total. The summed E-state index contributed by atoms with van der Waals surface area (Å²) in [6.45, 7) is 10.8. The Balaban J connectivity index is 1.84. The number of hydrogen-bond acceptors (Lipinski definition) is 4. The molecule has 0 unspecified atom stereocenters. The monoisotopic (exact) mass is 352 g/mol. The molecule has 0 amide bonds. The zero-order chi connectivity index (χ0) is 17.9. The standard InChI is InChI=1S/C18H29FN4O2/c1-3-20-18(21-7-8-23-9-11-24-12-10-23)22-14-15-5-6-17(25-4-2)16(19)13-15/h5-6,13H,3-4,7-12,14H2,1-2H3,(H2,20,21,22). The van der Waals surface area contributed by atoms with Crippen LogP contribution in [0.5, 0.6) is 5.75 Å². The maximum atomic E-state index is 13.9. The first-order valence-electron chi connectivity index (χ1n) is 8.96. The molecule has 0 radical (unpaired) electrons. The molecule has 1 aliphatic heterocycles. The average molecular weight is 352 g/mol. The predicted octanol–water partition coefficient (Wildman–Crippen LogP) is 1.61. The van der Waals surface area contributed by atoms with Crippen molar-refractivity contribution in [3.63, 3.8) is 0 Å². The fraction of sp³-hybridized carbons (Fsp3) is 0.611. The molecule has 140 valence electrons. The van der Waals surface area contributed by atoms with Gasteiger partial charge < -0.3 is 20.1 Å². The van der Waals surface area contributed by atoms with E-state index in [0.717, 1.165) is 57.5 Å². The quantitative estimate of drug-likeness (QED) is 0.550. The summed E-state index contributed by atoms with van der Waals surface area (Å²) in [5, 5.41) is 6.54. The SMILES string of the molecule is CCNC(=NCc1ccc(OCC)c(F)c1)NCCN1CCOCC1. The molecule has 1 saturated heterocycles. The van der Waals surface area contributed by atoms with Crippen molar-refractivity contribution in [2.45, 2.75) is 20.4 Å². The summed E-state index contributed by atoms with van der Waals surface area (Å²) in [4.78, 5) is 6.89. The molecule has 0 saturated carbocycles. The van der Waals surface area contributed by atoms with Gasteiger partial charge in [0.1, 0.15) is 0 Å². The van der Waals surface area contributed by atoms with Crippen LogP contribution < -0.4 is 15.4 Å². The summed E-state index contributed by atoms with van der Waals surface area (Å²) in [6.07, 6.45) is 0. The van der Waals surface area contributed by atoms with E-state index in [9.17, 15) is 4.39 Å². The Labute approximate surface area is 149 Å². The highest BCUT2D eigenvalue weighted by Gasteiger charge is 2.09. The first kappa shape index (κ1) is 19.5. The van der Waals surface area contributed by atoms with E-state index in [1.807, 2.05) is 19.9 Å². The van der Waals surface area contributed by atoms with E-state index in [1.165, 1.54) is 6.07 Å². The third-order valence-electron chi connectivity index (χ3n) is 3.88. The normalized spacial score (nSPS) is 15.9. The van der Waals surface area contributed by atoms with Crippen LogP contribution in [0.1, 0.15) is 19.4 Å². The Bertz CT molecular complexity index is 548. The van der Waals surface area contributed by atoms with Crippen molar-refractivity contribution in [1.29, 1.82) is 0 Å². The number of nitrogens with zero attached hydrogens (tertiary/aromatic N) is 2. The van der Waals surface area contributed by atoms with Gasteiger partial charge in [-0.1, -0.05) is 6.07 Å². The minimum Gasteiger partial charge on any atom is -0.491 e. The number of morpholine rings is 1. The second-order valence-corrected chi connectivity index (χ2v) is 5.77. The van der Waals surface area contributed by atoms with Crippen molar-refractivity contribution in [2.75, 3.05) is 52.5 Å². The number of halogens is 1. The number of rotatable bonds is 8. The van der Waals surface area contributed by atoms with Crippen molar-refractivity contribution < 1.29 is 13.9 Å². The lowest BCUT2D eigenvalue weighted by atomic mass is 10.2. The number of guanidine groups is 1.